The van der Waals surface area contributed by atoms with Crippen LogP contribution in [-0.4, -0.2) is 47.4 Å². The first kappa shape index (κ1) is 13.6. The van der Waals surface area contributed by atoms with Gasteiger partial charge in [-0.15, -0.1) is 0 Å². The van der Waals surface area contributed by atoms with Crippen LogP contribution in [0.15, 0.2) is 41.7 Å². The van der Waals surface area contributed by atoms with Crippen LogP contribution in [-0.2, 0) is 11.2 Å². The van der Waals surface area contributed by atoms with Crippen LogP contribution in [0.4, 0.5) is 0 Å². The average molecular weight is 262 g/mol. The lowest BCUT2D eigenvalue weighted by molar-refractivity contribution is -0.117. The fourth-order valence-electron chi connectivity index (χ4n) is 2.04. The van der Waals surface area contributed by atoms with E-state index in [1.807, 2.05) is 30.3 Å². The summed E-state index contributed by atoms with van der Waals surface area (Å²) in [7, 11) is 1.64. The van der Waals surface area contributed by atoms with Gasteiger partial charge in [-0.05, 0) is 19.0 Å². The maximum atomic E-state index is 11.9. The fourth-order valence-corrected chi connectivity index (χ4v) is 2.04. The molecule has 0 saturated carbocycles. The molecular formula is C14H18N2O3. The zero-order valence-corrected chi connectivity index (χ0v) is 10.8. The topological polar surface area (TPSA) is 72.8 Å². The van der Waals surface area contributed by atoms with Gasteiger partial charge in [0.05, 0.1) is 5.57 Å². The van der Waals surface area contributed by atoms with Gasteiger partial charge in [0.25, 0.3) is 5.91 Å². The Balaban J connectivity index is 1.86. The van der Waals surface area contributed by atoms with Gasteiger partial charge in [-0.1, -0.05) is 30.3 Å². The largest absolute Gasteiger partial charge is 0.508 e. The molecule has 1 atom stereocenters. The van der Waals surface area contributed by atoms with Crippen molar-refractivity contribution in [3.8, 4) is 0 Å². The zero-order chi connectivity index (χ0) is 13.8. The van der Waals surface area contributed by atoms with Gasteiger partial charge < -0.3 is 15.5 Å². The second-order valence-corrected chi connectivity index (χ2v) is 4.64. The van der Waals surface area contributed by atoms with Gasteiger partial charge in [0.2, 0.25) is 0 Å². The fraction of sp³-hybridized carbons (Fsp3) is 0.357. The van der Waals surface area contributed by atoms with E-state index in [-0.39, 0.29) is 23.8 Å². The van der Waals surface area contributed by atoms with Crippen molar-refractivity contribution in [2.45, 2.75) is 12.6 Å². The van der Waals surface area contributed by atoms with Gasteiger partial charge in [-0.2, -0.15) is 0 Å². The number of nitrogens with zero attached hydrogens (tertiary/aromatic N) is 1. The van der Waals surface area contributed by atoms with Crippen LogP contribution in [0, 0.1) is 0 Å². The van der Waals surface area contributed by atoms with Crippen molar-refractivity contribution in [3.05, 3.63) is 47.2 Å². The summed E-state index contributed by atoms with van der Waals surface area (Å²) in [5.74, 6) is -0.573. The Kier molecular flexibility index (Phi) is 4.19. The van der Waals surface area contributed by atoms with E-state index in [1.165, 1.54) is 4.90 Å². The number of nitrogens with one attached hydrogen (secondary N) is 1. The van der Waals surface area contributed by atoms with Crippen molar-refractivity contribution in [2.75, 3.05) is 20.1 Å². The molecule has 0 fully saturated rings. The lowest BCUT2D eigenvalue weighted by Gasteiger charge is -2.12. The molecule has 1 aliphatic heterocycles. The number of aliphatic hydroxyl groups is 2. The van der Waals surface area contributed by atoms with E-state index in [1.54, 1.807) is 7.05 Å². The van der Waals surface area contributed by atoms with Gasteiger partial charge >= 0.3 is 0 Å². The number of likely N-dealkylation sites (N-methyl/N-ethyl adjacent to an activating group) is 1. The Labute approximate surface area is 112 Å². The number of aliphatic hydroxyl groups excluding tert-OH is 2. The molecule has 102 valence electrons. The third-order valence-electron chi connectivity index (χ3n) is 3.19. The molecule has 2 rings (SSSR count). The molecule has 1 unspecified atom stereocenters. The van der Waals surface area contributed by atoms with Gasteiger partial charge in [0.15, 0.2) is 6.23 Å². The van der Waals surface area contributed by atoms with Crippen molar-refractivity contribution in [2.24, 2.45) is 0 Å². The van der Waals surface area contributed by atoms with Crippen LogP contribution in [0.25, 0.3) is 0 Å². The van der Waals surface area contributed by atoms with Crippen LogP contribution in [0.2, 0.25) is 0 Å². The molecule has 3 N–H and O–H groups in total. The molecule has 0 saturated heterocycles. The standard InChI is InChI=1S/C14H18N2O3/c1-16-9-11(12(17)14(16)19)13(18)15-8-7-10-5-3-2-4-6-10/h2-6,14,17,19H,7-9H2,1H3,(H,15,18). The minimum Gasteiger partial charge on any atom is -0.508 e. The van der Waals surface area contributed by atoms with Crippen molar-refractivity contribution >= 4 is 5.91 Å². The van der Waals surface area contributed by atoms with Gasteiger partial charge in [-0.3, -0.25) is 9.69 Å². The third kappa shape index (κ3) is 3.13. The maximum Gasteiger partial charge on any atom is 0.252 e. The van der Waals surface area contributed by atoms with E-state index < -0.39 is 6.23 Å². The summed E-state index contributed by atoms with van der Waals surface area (Å²) < 4.78 is 0. The number of carbonyl (C=O) groups excluding carboxylic acids is 1. The maximum absolute atomic E-state index is 11.9. The molecule has 0 radical (unpaired) electrons. The Bertz CT molecular complexity index is 485. The predicted octanol–water partition coefficient (Wildman–Crippen LogP) is 0.421. The SMILES string of the molecule is CN1CC(C(=O)NCCc2ccccc2)=C(O)C1O. The summed E-state index contributed by atoms with van der Waals surface area (Å²) in [6, 6.07) is 9.84. The normalized spacial score (nSPS) is 19.8. The molecule has 1 aliphatic rings. The van der Waals surface area contributed by atoms with Gasteiger partial charge in [0.1, 0.15) is 5.76 Å². The summed E-state index contributed by atoms with van der Waals surface area (Å²) in [5.41, 5.74) is 1.38. The number of carbonyl (C=O) groups is 1. The van der Waals surface area contributed by atoms with Crippen LogP contribution < -0.4 is 5.32 Å². The molecule has 19 heavy (non-hydrogen) atoms. The Morgan fingerprint density at radius 3 is 2.68 bits per heavy atom. The van der Waals surface area contributed by atoms with Crippen molar-refractivity contribution < 1.29 is 15.0 Å². The first-order valence-corrected chi connectivity index (χ1v) is 6.22. The van der Waals surface area contributed by atoms with Crippen molar-refractivity contribution in [3.63, 3.8) is 0 Å². The minimum absolute atomic E-state index is 0.239. The molecule has 5 nitrogen and oxygen atoms in total. The summed E-state index contributed by atoms with van der Waals surface area (Å²) in [4.78, 5) is 13.4. The van der Waals surface area contributed by atoms with Crippen LogP contribution in [0.1, 0.15) is 5.56 Å². The highest BCUT2D eigenvalue weighted by Gasteiger charge is 2.31. The van der Waals surface area contributed by atoms with Crippen molar-refractivity contribution in [1.29, 1.82) is 0 Å². The molecule has 5 heteroatoms. The summed E-state index contributed by atoms with van der Waals surface area (Å²) in [6.45, 7) is 0.754. The average Bonchev–Trinajstić information content (AvgIpc) is 2.68. The second kappa shape index (κ2) is 5.86. The third-order valence-corrected chi connectivity index (χ3v) is 3.19. The molecule has 0 bridgehead atoms. The van der Waals surface area contributed by atoms with Crippen LogP contribution >= 0.6 is 0 Å². The highest BCUT2D eigenvalue weighted by atomic mass is 16.3. The Morgan fingerprint density at radius 1 is 1.42 bits per heavy atom. The second-order valence-electron chi connectivity index (χ2n) is 4.64. The van der Waals surface area contributed by atoms with Crippen LogP contribution in [0.3, 0.4) is 0 Å². The number of benzene rings is 1. The first-order valence-electron chi connectivity index (χ1n) is 6.22. The van der Waals surface area contributed by atoms with E-state index in [0.29, 0.717) is 6.54 Å². The molecule has 1 heterocycles. The quantitative estimate of drug-likeness (QED) is 0.735. The molecule has 1 aromatic carbocycles. The monoisotopic (exact) mass is 262 g/mol. The molecule has 0 aliphatic carbocycles. The van der Waals surface area contributed by atoms with E-state index >= 15 is 0 Å². The molecular weight excluding hydrogens is 244 g/mol. The lowest BCUT2D eigenvalue weighted by atomic mass is 10.1. The van der Waals surface area contributed by atoms with Gasteiger partial charge in [0, 0.05) is 13.1 Å². The molecule has 0 aromatic heterocycles. The molecule has 0 spiro atoms. The van der Waals surface area contributed by atoms with Crippen molar-refractivity contribution in [1.82, 2.24) is 10.2 Å². The highest BCUT2D eigenvalue weighted by molar-refractivity contribution is 5.94. The van der Waals surface area contributed by atoms with E-state index in [4.69, 9.17) is 0 Å². The lowest BCUT2D eigenvalue weighted by Crippen LogP contribution is -2.30. The number of hydrogen-bond donors (Lipinski definition) is 3. The summed E-state index contributed by atoms with van der Waals surface area (Å²) >= 11 is 0. The zero-order valence-electron chi connectivity index (χ0n) is 10.8. The Hall–Kier alpha value is -1.85. The predicted molar refractivity (Wildman–Crippen MR) is 71.4 cm³/mol. The number of rotatable bonds is 4. The smallest absolute Gasteiger partial charge is 0.252 e. The first-order chi connectivity index (χ1) is 9.09. The summed E-state index contributed by atoms with van der Waals surface area (Å²) in [6.07, 6.45) is -0.339. The summed E-state index contributed by atoms with van der Waals surface area (Å²) in [5, 5.41) is 21.9. The van der Waals surface area contributed by atoms with E-state index in [0.717, 1.165) is 12.0 Å². The Morgan fingerprint density at radius 2 is 2.11 bits per heavy atom. The molecule has 1 amide bonds. The van der Waals surface area contributed by atoms with Crippen LogP contribution in [0.5, 0.6) is 0 Å². The van der Waals surface area contributed by atoms with E-state index in [9.17, 15) is 15.0 Å². The molecule has 1 aromatic rings. The van der Waals surface area contributed by atoms with Gasteiger partial charge in [-0.25, -0.2) is 0 Å². The highest BCUT2D eigenvalue weighted by Crippen LogP contribution is 2.18. The number of amides is 1. The number of hydrogen-bond acceptors (Lipinski definition) is 4. The minimum atomic E-state index is -1.07. The van der Waals surface area contributed by atoms with E-state index in [2.05, 4.69) is 5.32 Å².